The molecule has 0 fully saturated rings. The molecular weight excluding hydrogens is 271 g/mol. The Bertz CT molecular complexity index is 624. The fourth-order valence-corrected chi connectivity index (χ4v) is 1.49. The number of hydrogen-bond donors (Lipinski definition) is 1. The van der Waals surface area contributed by atoms with Crippen LogP contribution in [0, 0.1) is 6.92 Å². The van der Waals surface area contributed by atoms with E-state index in [2.05, 4.69) is 15.5 Å². The van der Waals surface area contributed by atoms with Crippen molar-refractivity contribution in [1.82, 2.24) is 10.2 Å². The first-order chi connectivity index (χ1) is 9.36. The van der Waals surface area contributed by atoms with Gasteiger partial charge in [0, 0.05) is 5.69 Å². The number of carbonyl (C=O) groups is 1. The van der Waals surface area contributed by atoms with Crippen molar-refractivity contribution in [3.63, 3.8) is 0 Å². The van der Waals surface area contributed by atoms with Crippen molar-refractivity contribution < 1.29 is 18.0 Å². The first-order valence-corrected chi connectivity index (χ1v) is 5.65. The van der Waals surface area contributed by atoms with Gasteiger partial charge in [-0.15, -0.1) is 5.10 Å². The minimum absolute atomic E-state index is 0.0352. The van der Waals surface area contributed by atoms with Gasteiger partial charge in [-0.25, -0.2) is 0 Å². The van der Waals surface area contributed by atoms with Crippen molar-refractivity contribution in [2.24, 2.45) is 0 Å². The minimum atomic E-state index is -4.45. The summed E-state index contributed by atoms with van der Waals surface area (Å²) in [6, 6.07) is 7.42. The van der Waals surface area contributed by atoms with Crippen LogP contribution in [0.2, 0.25) is 0 Å². The van der Waals surface area contributed by atoms with E-state index in [0.717, 1.165) is 12.1 Å². The summed E-state index contributed by atoms with van der Waals surface area (Å²) in [5.74, 6) is -0.614. The fourth-order valence-electron chi connectivity index (χ4n) is 1.49. The summed E-state index contributed by atoms with van der Waals surface area (Å²) in [6.07, 6.45) is -4.45. The number of nitrogens with one attached hydrogen (secondary N) is 1. The van der Waals surface area contributed by atoms with E-state index >= 15 is 0 Å². The molecule has 0 aliphatic rings. The number of anilines is 1. The lowest BCUT2D eigenvalue weighted by molar-refractivity contribution is -0.137. The predicted molar refractivity (Wildman–Crippen MR) is 66.2 cm³/mol. The molecule has 20 heavy (non-hydrogen) atoms. The van der Waals surface area contributed by atoms with Crippen LogP contribution in [-0.2, 0) is 6.18 Å². The Kier molecular flexibility index (Phi) is 3.69. The average molecular weight is 281 g/mol. The van der Waals surface area contributed by atoms with Gasteiger partial charge < -0.3 is 5.32 Å². The van der Waals surface area contributed by atoms with E-state index in [1.807, 2.05) is 0 Å². The lowest BCUT2D eigenvalue weighted by atomic mass is 10.2. The van der Waals surface area contributed by atoms with Crippen LogP contribution in [0.1, 0.15) is 21.7 Å². The number of carbonyl (C=O) groups excluding carboxylic acids is 1. The maximum atomic E-state index is 12.5. The highest BCUT2D eigenvalue weighted by molar-refractivity contribution is 6.02. The summed E-state index contributed by atoms with van der Waals surface area (Å²) < 4.78 is 37.6. The van der Waals surface area contributed by atoms with Gasteiger partial charge in [0.1, 0.15) is 0 Å². The number of halogens is 3. The molecule has 0 spiro atoms. The van der Waals surface area contributed by atoms with Crippen LogP contribution < -0.4 is 5.32 Å². The van der Waals surface area contributed by atoms with Gasteiger partial charge in [0.05, 0.1) is 11.3 Å². The van der Waals surface area contributed by atoms with Crippen LogP contribution in [-0.4, -0.2) is 16.1 Å². The molecule has 2 aromatic rings. The lowest BCUT2D eigenvalue weighted by Crippen LogP contribution is -2.15. The zero-order valence-electron chi connectivity index (χ0n) is 10.4. The molecule has 0 unspecified atom stereocenters. The second-order valence-corrected chi connectivity index (χ2v) is 4.09. The quantitative estimate of drug-likeness (QED) is 0.920. The van der Waals surface area contributed by atoms with Crippen LogP contribution in [0.15, 0.2) is 36.4 Å². The molecule has 4 nitrogen and oxygen atoms in total. The SMILES string of the molecule is Cc1ccc(C(=O)Nc2cccc(C(F)(F)F)c2)nn1. The highest BCUT2D eigenvalue weighted by Crippen LogP contribution is 2.30. The smallest absolute Gasteiger partial charge is 0.321 e. The predicted octanol–water partition coefficient (Wildman–Crippen LogP) is 3.06. The van der Waals surface area contributed by atoms with E-state index in [0.29, 0.717) is 5.69 Å². The standard InChI is InChI=1S/C13H10F3N3O/c1-8-5-6-11(19-18-8)12(20)17-10-4-2-3-9(7-10)13(14,15)16/h2-7H,1H3,(H,17,20). The summed E-state index contributed by atoms with van der Waals surface area (Å²) in [7, 11) is 0. The van der Waals surface area contributed by atoms with Crippen molar-refractivity contribution in [2.75, 3.05) is 5.32 Å². The molecule has 1 N–H and O–H groups in total. The maximum absolute atomic E-state index is 12.5. The largest absolute Gasteiger partial charge is 0.416 e. The lowest BCUT2D eigenvalue weighted by Gasteiger charge is -2.09. The summed E-state index contributed by atoms with van der Waals surface area (Å²) in [4.78, 5) is 11.8. The summed E-state index contributed by atoms with van der Waals surface area (Å²) in [5, 5.41) is 9.72. The maximum Gasteiger partial charge on any atom is 0.416 e. The van der Waals surface area contributed by atoms with Gasteiger partial charge in [-0.05, 0) is 37.3 Å². The van der Waals surface area contributed by atoms with Crippen molar-refractivity contribution in [3.8, 4) is 0 Å². The first-order valence-electron chi connectivity index (χ1n) is 5.65. The Hall–Kier alpha value is -2.44. The monoisotopic (exact) mass is 281 g/mol. The molecule has 1 aromatic carbocycles. The zero-order chi connectivity index (χ0) is 14.8. The van der Waals surface area contributed by atoms with Gasteiger partial charge in [-0.1, -0.05) is 6.07 Å². The van der Waals surface area contributed by atoms with Crippen molar-refractivity contribution in [1.29, 1.82) is 0 Å². The highest BCUT2D eigenvalue weighted by atomic mass is 19.4. The van der Waals surface area contributed by atoms with E-state index in [-0.39, 0.29) is 11.4 Å². The number of aryl methyl sites for hydroxylation is 1. The molecule has 0 bridgehead atoms. The second kappa shape index (κ2) is 5.28. The topological polar surface area (TPSA) is 54.9 Å². The minimum Gasteiger partial charge on any atom is -0.321 e. The summed E-state index contributed by atoms with van der Waals surface area (Å²) in [5.41, 5.74) is -0.105. The van der Waals surface area contributed by atoms with Crippen LogP contribution in [0.4, 0.5) is 18.9 Å². The Morgan fingerprint density at radius 1 is 1.15 bits per heavy atom. The molecule has 0 aliphatic heterocycles. The fraction of sp³-hybridized carbons (Fsp3) is 0.154. The van der Waals surface area contributed by atoms with Gasteiger partial charge in [0.2, 0.25) is 0 Å². The molecule has 0 aliphatic carbocycles. The highest BCUT2D eigenvalue weighted by Gasteiger charge is 2.30. The number of benzene rings is 1. The number of alkyl halides is 3. The Morgan fingerprint density at radius 3 is 2.50 bits per heavy atom. The molecule has 1 heterocycles. The Labute approximate surface area is 112 Å². The molecule has 104 valence electrons. The van der Waals surface area contributed by atoms with E-state index < -0.39 is 17.6 Å². The molecule has 2 rings (SSSR count). The molecule has 0 atom stereocenters. The third-order valence-corrected chi connectivity index (χ3v) is 2.48. The third-order valence-electron chi connectivity index (χ3n) is 2.48. The van der Waals surface area contributed by atoms with Gasteiger partial charge in [0.15, 0.2) is 5.69 Å². The van der Waals surface area contributed by atoms with E-state index in [4.69, 9.17) is 0 Å². The molecule has 1 aromatic heterocycles. The number of rotatable bonds is 2. The molecule has 0 saturated heterocycles. The van der Waals surface area contributed by atoms with Crippen molar-refractivity contribution >= 4 is 11.6 Å². The molecule has 1 amide bonds. The van der Waals surface area contributed by atoms with Crippen molar-refractivity contribution in [2.45, 2.75) is 13.1 Å². The third kappa shape index (κ3) is 3.31. The van der Waals surface area contributed by atoms with Crippen LogP contribution in [0.5, 0.6) is 0 Å². The number of amides is 1. The first kappa shape index (κ1) is 14.0. The normalized spacial score (nSPS) is 11.2. The van der Waals surface area contributed by atoms with E-state index in [9.17, 15) is 18.0 Å². The van der Waals surface area contributed by atoms with Gasteiger partial charge in [-0.3, -0.25) is 4.79 Å². The Morgan fingerprint density at radius 2 is 1.90 bits per heavy atom. The Balaban J connectivity index is 2.18. The molecule has 7 heteroatoms. The molecular formula is C13H10F3N3O. The van der Waals surface area contributed by atoms with Crippen LogP contribution >= 0.6 is 0 Å². The summed E-state index contributed by atoms with van der Waals surface area (Å²) in [6.45, 7) is 1.71. The molecule has 0 radical (unpaired) electrons. The molecule has 0 saturated carbocycles. The van der Waals surface area contributed by atoms with Crippen LogP contribution in [0.25, 0.3) is 0 Å². The number of aromatic nitrogens is 2. The number of hydrogen-bond acceptors (Lipinski definition) is 3. The van der Waals surface area contributed by atoms with Gasteiger partial charge >= 0.3 is 6.18 Å². The van der Waals surface area contributed by atoms with E-state index in [1.165, 1.54) is 18.2 Å². The van der Waals surface area contributed by atoms with E-state index in [1.54, 1.807) is 13.0 Å². The van der Waals surface area contributed by atoms with Gasteiger partial charge in [0.25, 0.3) is 5.91 Å². The summed E-state index contributed by atoms with van der Waals surface area (Å²) >= 11 is 0. The number of nitrogens with zero attached hydrogens (tertiary/aromatic N) is 2. The van der Waals surface area contributed by atoms with Gasteiger partial charge in [-0.2, -0.15) is 18.3 Å². The van der Waals surface area contributed by atoms with Crippen LogP contribution in [0.3, 0.4) is 0 Å². The average Bonchev–Trinajstić information content (AvgIpc) is 2.38. The second-order valence-electron chi connectivity index (χ2n) is 4.09. The van der Waals surface area contributed by atoms with Crippen molar-refractivity contribution in [3.05, 3.63) is 53.3 Å². The zero-order valence-corrected chi connectivity index (χ0v) is 10.4.